The highest BCUT2D eigenvalue weighted by molar-refractivity contribution is 6.33. The normalized spacial score (nSPS) is 9.91. The fourth-order valence-electron chi connectivity index (χ4n) is 1.82. The molecule has 1 aromatic rings. The van der Waals surface area contributed by atoms with Gasteiger partial charge < -0.3 is 9.64 Å². The summed E-state index contributed by atoms with van der Waals surface area (Å²) in [6.45, 7) is 2.03. The van der Waals surface area contributed by atoms with Crippen LogP contribution in [-0.2, 0) is 9.53 Å². The molecule has 0 N–H and O–H groups in total. The van der Waals surface area contributed by atoms with E-state index in [1.54, 1.807) is 6.92 Å². The van der Waals surface area contributed by atoms with Crippen molar-refractivity contribution in [3.63, 3.8) is 0 Å². The van der Waals surface area contributed by atoms with Crippen LogP contribution in [0.1, 0.15) is 30.1 Å². The summed E-state index contributed by atoms with van der Waals surface area (Å²) in [4.78, 5) is 25.0. The van der Waals surface area contributed by atoms with E-state index in [2.05, 4.69) is 0 Å². The summed E-state index contributed by atoms with van der Waals surface area (Å²) in [5.74, 6) is -1.85. The molecule has 0 fully saturated rings. The highest BCUT2D eigenvalue weighted by Gasteiger charge is 2.22. The first-order valence-electron chi connectivity index (χ1n) is 6.77. The first-order valence-corrected chi connectivity index (χ1v) is 7.14. The molecule has 0 aliphatic heterocycles. The third-order valence-electron chi connectivity index (χ3n) is 2.85. The minimum Gasteiger partial charge on any atom is -0.466 e. The summed E-state index contributed by atoms with van der Waals surface area (Å²) in [5, 5.41) is 8.65. The molecular formula is C15H16ClFN2O3. The van der Waals surface area contributed by atoms with E-state index in [4.69, 9.17) is 21.6 Å². The molecule has 1 aromatic carbocycles. The second kappa shape index (κ2) is 9.00. The summed E-state index contributed by atoms with van der Waals surface area (Å²) in [6.07, 6.45) is 0.0394. The van der Waals surface area contributed by atoms with Gasteiger partial charge in [0.15, 0.2) is 0 Å². The number of halogens is 2. The Morgan fingerprint density at radius 3 is 2.73 bits per heavy atom. The van der Waals surface area contributed by atoms with Crippen molar-refractivity contribution in [2.75, 3.05) is 19.7 Å². The zero-order valence-corrected chi connectivity index (χ0v) is 12.9. The molecule has 1 rings (SSSR count). The molecule has 0 aliphatic rings. The van der Waals surface area contributed by atoms with Gasteiger partial charge in [0.2, 0.25) is 0 Å². The summed E-state index contributed by atoms with van der Waals surface area (Å²) in [5.41, 5.74) is -0.258. The predicted molar refractivity (Wildman–Crippen MR) is 78.8 cm³/mol. The number of esters is 1. The van der Waals surface area contributed by atoms with Crippen molar-refractivity contribution in [1.82, 2.24) is 4.90 Å². The van der Waals surface area contributed by atoms with Gasteiger partial charge in [-0.1, -0.05) is 17.7 Å². The fourth-order valence-corrected chi connectivity index (χ4v) is 2.06. The standard InChI is InChI=1S/C15H16ClFN2O3/c1-2-22-13(20)7-10-19(9-4-8-18)15(21)14-11(16)5-3-6-12(14)17/h3,5-6H,2,4,7,9-10H2,1H3. The molecule has 7 heteroatoms. The topological polar surface area (TPSA) is 70.4 Å². The maximum Gasteiger partial charge on any atom is 0.307 e. The van der Waals surface area contributed by atoms with Gasteiger partial charge in [-0.3, -0.25) is 9.59 Å². The lowest BCUT2D eigenvalue weighted by molar-refractivity contribution is -0.143. The molecule has 5 nitrogen and oxygen atoms in total. The molecule has 22 heavy (non-hydrogen) atoms. The van der Waals surface area contributed by atoms with Crippen LogP contribution in [0.4, 0.5) is 4.39 Å². The number of rotatable bonds is 7. The van der Waals surface area contributed by atoms with Gasteiger partial charge in [0, 0.05) is 13.1 Å². The third-order valence-corrected chi connectivity index (χ3v) is 3.16. The summed E-state index contributed by atoms with van der Waals surface area (Å²) in [6, 6.07) is 5.85. The summed E-state index contributed by atoms with van der Waals surface area (Å²) in [7, 11) is 0. The summed E-state index contributed by atoms with van der Waals surface area (Å²) < 4.78 is 18.6. The van der Waals surface area contributed by atoms with E-state index in [9.17, 15) is 14.0 Å². The monoisotopic (exact) mass is 326 g/mol. The highest BCUT2D eigenvalue weighted by Crippen LogP contribution is 2.21. The van der Waals surface area contributed by atoms with Crippen LogP contribution in [0.3, 0.4) is 0 Å². The number of nitrogens with zero attached hydrogens (tertiary/aromatic N) is 2. The van der Waals surface area contributed by atoms with Crippen LogP contribution in [0.2, 0.25) is 5.02 Å². The molecule has 0 bridgehead atoms. The van der Waals surface area contributed by atoms with Crippen molar-refractivity contribution >= 4 is 23.5 Å². The van der Waals surface area contributed by atoms with E-state index in [-0.39, 0.29) is 43.1 Å². The number of nitriles is 1. The van der Waals surface area contributed by atoms with Crippen LogP contribution in [0.25, 0.3) is 0 Å². The van der Waals surface area contributed by atoms with Crippen molar-refractivity contribution in [1.29, 1.82) is 5.26 Å². The Bertz CT molecular complexity index is 566. The molecule has 0 aromatic heterocycles. The average molecular weight is 327 g/mol. The van der Waals surface area contributed by atoms with Crippen molar-refractivity contribution in [2.24, 2.45) is 0 Å². The van der Waals surface area contributed by atoms with Crippen molar-refractivity contribution in [2.45, 2.75) is 19.8 Å². The van der Waals surface area contributed by atoms with E-state index >= 15 is 0 Å². The SMILES string of the molecule is CCOC(=O)CCN(CCC#N)C(=O)c1c(F)cccc1Cl. The first-order chi connectivity index (χ1) is 10.5. The Labute approximate surface area is 133 Å². The van der Waals surface area contributed by atoms with E-state index in [0.29, 0.717) is 0 Å². The zero-order chi connectivity index (χ0) is 16.5. The molecular weight excluding hydrogens is 311 g/mol. The largest absolute Gasteiger partial charge is 0.466 e. The minimum absolute atomic E-state index is 0.0110. The van der Waals surface area contributed by atoms with Gasteiger partial charge in [-0.15, -0.1) is 0 Å². The van der Waals surface area contributed by atoms with Gasteiger partial charge in [-0.05, 0) is 19.1 Å². The van der Waals surface area contributed by atoms with Crippen molar-refractivity contribution in [3.8, 4) is 6.07 Å². The van der Waals surface area contributed by atoms with Crippen molar-refractivity contribution in [3.05, 3.63) is 34.6 Å². The maximum absolute atomic E-state index is 13.8. The molecule has 0 aliphatic carbocycles. The molecule has 0 heterocycles. The molecule has 0 radical (unpaired) electrons. The van der Waals surface area contributed by atoms with E-state index in [0.717, 1.165) is 6.07 Å². The third kappa shape index (κ3) is 5.01. The van der Waals surface area contributed by atoms with Crippen LogP contribution in [0, 0.1) is 17.1 Å². The second-order valence-electron chi connectivity index (χ2n) is 4.35. The van der Waals surface area contributed by atoms with Crippen molar-refractivity contribution < 1.29 is 18.7 Å². The first kappa shape index (κ1) is 17.9. The van der Waals surface area contributed by atoms with Gasteiger partial charge in [-0.2, -0.15) is 5.26 Å². The maximum atomic E-state index is 13.8. The minimum atomic E-state index is -0.740. The molecule has 0 unspecified atom stereocenters. The molecule has 0 saturated carbocycles. The Balaban J connectivity index is 2.89. The number of carbonyl (C=O) groups excluding carboxylic acids is 2. The zero-order valence-electron chi connectivity index (χ0n) is 12.1. The van der Waals surface area contributed by atoms with Crippen LogP contribution < -0.4 is 0 Å². The Morgan fingerprint density at radius 2 is 2.14 bits per heavy atom. The van der Waals surface area contributed by atoms with Crippen LogP contribution >= 0.6 is 11.6 Å². The van der Waals surface area contributed by atoms with Gasteiger partial charge in [-0.25, -0.2) is 4.39 Å². The number of benzene rings is 1. The Kier molecular flexibility index (Phi) is 7.33. The summed E-state index contributed by atoms with van der Waals surface area (Å²) >= 11 is 5.87. The lowest BCUT2D eigenvalue weighted by atomic mass is 10.1. The Morgan fingerprint density at radius 1 is 1.41 bits per heavy atom. The van der Waals surface area contributed by atoms with Gasteiger partial charge >= 0.3 is 5.97 Å². The number of hydrogen-bond donors (Lipinski definition) is 0. The molecule has 0 spiro atoms. The van der Waals surface area contributed by atoms with Crippen LogP contribution in [0.5, 0.6) is 0 Å². The van der Waals surface area contributed by atoms with Gasteiger partial charge in [0.1, 0.15) is 5.82 Å². The van der Waals surface area contributed by atoms with E-state index in [1.165, 1.54) is 17.0 Å². The lowest BCUT2D eigenvalue weighted by Gasteiger charge is -2.22. The quantitative estimate of drug-likeness (QED) is 0.722. The Hall–Kier alpha value is -2.13. The highest BCUT2D eigenvalue weighted by atomic mass is 35.5. The predicted octanol–water partition coefficient (Wildman–Crippen LogP) is 2.79. The number of ether oxygens (including phenoxy) is 1. The van der Waals surface area contributed by atoms with Gasteiger partial charge in [0.25, 0.3) is 5.91 Å². The molecule has 0 saturated heterocycles. The molecule has 118 valence electrons. The number of carbonyl (C=O) groups is 2. The number of amides is 1. The van der Waals surface area contributed by atoms with Gasteiger partial charge in [0.05, 0.1) is 36.1 Å². The fraction of sp³-hybridized carbons (Fsp3) is 0.400. The van der Waals surface area contributed by atoms with E-state index in [1.807, 2.05) is 6.07 Å². The average Bonchev–Trinajstić information content (AvgIpc) is 2.47. The molecule has 0 atom stereocenters. The smallest absolute Gasteiger partial charge is 0.307 e. The molecule has 1 amide bonds. The van der Waals surface area contributed by atoms with Crippen LogP contribution in [-0.4, -0.2) is 36.5 Å². The second-order valence-corrected chi connectivity index (χ2v) is 4.76. The van der Waals surface area contributed by atoms with Crippen LogP contribution in [0.15, 0.2) is 18.2 Å². The lowest BCUT2D eigenvalue weighted by Crippen LogP contribution is -2.34. The van der Waals surface area contributed by atoms with E-state index < -0.39 is 17.7 Å². The number of hydrogen-bond acceptors (Lipinski definition) is 4.